The first-order chi connectivity index (χ1) is 13.5. The molecule has 1 nitrogen and oxygen atoms in total. The van der Waals surface area contributed by atoms with E-state index in [1.807, 2.05) is 54.7 Å². The number of halogens is 3. The van der Waals surface area contributed by atoms with Crippen molar-refractivity contribution in [1.29, 1.82) is 0 Å². The van der Waals surface area contributed by atoms with Gasteiger partial charge in [-0.15, -0.1) is 0 Å². The second kappa shape index (κ2) is 6.06. The number of hydrogen-bond donors (Lipinski definition) is 0. The summed E-state index contributed by atoms with van der Waals surface area (Å²) < 4.78 is 38.8. The van der Waals surface area contributed by atoms with E-state index in [1.165, 1.54) is 12.1 Å². The highest BCUT2D eigenvalue weighted by Crippen LogP contribution is 2.39. The summed E-state index contributed by atoms with van der Waals surface area (Å²) in [5.74, 6) is 0. The first kappa shape index (κ1) is 16.8. The lowest BCUT2D eigenvalue weighted by Crippen LogP contribution is -2.04. The van der Waals surface area contributed by atoms with E-state index >= 15 is 0 Å². The smallest absolute Gasteiger partial charge is 0.256 e. The molecule has 4 heteroatoms. The summed E-state index contributed by atoms with van der Waals surface area (Å²) in [5.41, 5.74) is 1.86. The molecule has 4 aromatic carbocycles. The zero-order valence-electron chi connectivity index (χ0n) is 14.7. The van der Waals surface area contributed by atoms with Crippen LogP contribution < -0.4 is 0 Å². The van der Waals surface area contributed by atoms with Crippen molar-refractivity contribution in [1.82, 2.24) is 4.98 Å². The van der Waals surface area contributed by atoms with Crippen molar-refractivity contribution >= 4 is 32.4 Å². The van der Waals surface area contributed by atoms with Gasteiger partial charge in [-0.05, 0) is 46.2 Å². The molecule has 0 aliphatic carbocycles. The molecule has 0 radical (unpaired) electrons. The van der Waals surface area contributed by atoms with Gasteiger partial charge in [-0.25, -0.2) is 0 Å². The minimum absolute atomic E-state index is 0.648. The lowest BCUT2D eigenvalue weighted by atomic mass is 9.92. The van der Waals surface area contributed by atoms with Crippen LogP contribution in [-0.4, -0.2) is 4.98 Å². The van der Waals surface area contributed by atoms with Gasteiger partial charge < -0.3 is 0 Å². The molecule has 0 bridgehead atoms. The van der Waals surface area contributed by atoms with Gasteiger partial charge in [0.15, 0.2) is 0 Å². The minimum atomic E-state index is -4.35. The average molecular weight is 373 g/mol. The van der Waals surface area contributed by atoms with Crippen LogP contribution in [-0.2, 0) is 6.18 Å². The summed E-state index contributed by atoms with van der Waals surface area (Å²) in [6.45, 7) is 0. The molecule has 0 fully saturated rings. The Morgan fingerprint density at radius 1 is 0.679 bits per heavy atom. The van der Waals surface area contributed by atoms with Crippen molar-refractivity contribution in [2.24, 2.45) is 0 Å². The Hall–Kier alpha value is -3.40. The fourth-order valence-corrected chi connectivity index (χ4v) is 3.80. The van der Waals surface area contributed by atoms with Crippen LogP contribution in [0.25, 0.3) is 43.6 Å². The molecule has 0 aliphatic rings. The van der Waals surface area contributed by atoms with Gasteiger partial charge in [0.05, 0.1) is 11.1 Å². The number of alkyl halides is 3. The third kappa shape index (κ3) is 2.61. The molecular formula is C24H14F3N. The molecule has 0 saturated heterocycles. The highest BCUT2D eigenvalue weighted by atomic mass is 19.4. The Morgan fingerprint density at radius 2 is 1.36 bits per heavy atom. The molecular weight excluding hydrogens is 359 g/mol. The summed E-state index contributed by atoms with van der Waals surface area (Å²) in [4.78, 5) is 4.58. The van der Waals surface area contributed by atoms with Crippen molar-refractivity contribution in [3.63, 3.8) is 0 Å². The van der Waals surface area contributed by atoms with Crippen LogP contribution >= 0.6 is 0 Å². The lowest BCUT2D eigenvalue weighted by molar-refractivity contribution is -0.137. The first-order valence-electron chi connectivity index (χ1n) is 8.89. The Bertz CT molecular complexity index is 1320. The van der Waals surface area contributed by atoms with Crippen LogP contribution in [0.2, 0.25) is 0 Å². The van der Waals surface area contributed by atoms with Gasteiger partial charge in [0.2, 0.25) is 0 Å². The van der Waals surface area contributed by atoms with Crippen molar-refractivity contribution in [2.45, 2.75) is 6.18 Å². The van der Waals surface area contributed by atoms with Gasteiger partial charge in [-0.1, -0.05) is 54.6 Å². The van der Waals surface area contributed by atoms with Crippen LogP contribution in [0, 0.1) is 0 Å². The zero-order valence-corrected chi connectivity index (χ0v) is 14.7. The maximum absolute atomic E-state index is 12.9. The standard InChI is InChI=1S/C24H14F3N/c25-24(26,27)17-11-9-15(10-12-17)20-13-16-5-1-2-6-18(16)23-19-7-3-4-8-22(19)28-14-21(20)23/h1-14H. The molecule has 28 heavy (non-hydrogen) atoms. The second-order valence-electron chi connectivity index (χ2n) is 6.78. The van der Waals surface area contributed by atoms with E-state index in [0.29, 0.717) is 0 Å². The van der Waals surface area contributed by atoms with Gasteiger partial charge >= 0.3 is 6.18 Å². The molecule has 5 aromatic rings. The number of rotatable bonds is 1. The number of aromatic nitrogens is 1. The Morgan fingerprint density at radius 3 is 2.11 bits per heavy atom. The zero-order chi connectivity index (χ0) is 19.3. The van der Waals surface area contributed by atoms with Crippen molar-refractivity contribution in [2.75, 3.05) is 0 Å². The van der Waals surface area contributed by atoms with Gasteiger partial charge in [0.25, 0.3) is 0 Å². The monoisotopic (exact) mass is 373 g/mol. The fraction of sp³-hybridized carbons (Fsp3) is 0.0417. The topological polar surface area (TPSA) is 12.9 Å². The molecule has 0 N–H and O–H groups in total. The van der Waals surface area contributed by atoms with E-state index in [4.69, 9.17) is 0 Å². The van der Waals surface area contributed by atoms with E-state index in [9.17, 15) is 13.2 Å². The predicted octanol–water partition coefficient (Wildman–Crippen LogP) is 7.23. The Labute approximate surface area is 159 Å². The summed E-state index contributed by atoms with van der Waals surface area (Å²) in [6, 6.07) is 23.3. The number of benzene rings is 4. The Balaban J connectivity index is 1.87. The van der Waals surface area contributed by atoms with Crippen LogP contribution in [0.5, 0.6) is 0 Å². The molecule has 5 rings (SSSR count). The van der Waals surface area contributed by atoms with Crippen LogP contribution in [0.3, 0.4) is 0 Å². The van der Waals surface area contributed by atoms with Crippen LogP contribution in [0.15, 0.2) is 85.1 Å². The average Bonchev–Trinajstić information content (AvgIpc) is 2.72. The highest BCUT2D eigenvalue weighted by molar-refractivity contribution is 6.23. The summed E-state index contributed by atoms with van der Waals surface area (Å²) in [5, 5.41) is 5.17. The van der Waals surface area contributed by atoms with E-state index in [2.05, 4.69) is 11.1 Å². The molecule has 0 amide bonds. The molecule has 1 aromatic heterocycles. The first-order valence-corrected chi connectivity index (χ1v) is 8.89. The normalized spacial score (nSPS) is 12.1. The van der Waals surface area contributed by atoms with Gasteiger partial charge in [0.1, 0.15) is 0 Å². The Kier molecular flexibility index (Phi) is 3.63. The van der Waals surface area contributed by atoms with Gasteiger partial charge in [-0.2, -0.15) is 13.2 Å². The quantitative estimate of drug-likeness (QED) is 0.283. The van der Waals surface area contributed by atoms with Gasteiger partial charge in [-0.3, -0.25) is 4.98 Å². The SMILES string of the molecule is FC(F)(F)c1ccc(-c2cc3ccccc3c3c2cnc2ccccc23)cc1. The summed E-state index contributed by atoms with van der Waals surface area (Å²) in [7, 11) is 0. The third-order valence-corrected chi connectivity index (χ3v) is 5.12. The third-order valence-electron chi connectivity index (χ3n) is 5.12. The minimum Gasteiger partial charge on any atom is -0.256 e. The van der Waals surface area contributed by atoms with Crippen molar-refractivity contribution in [3.05, 3.63) is 90.6 Å². The number of fused-ring (bicyclic) bond motifs is 5. The van der Waals surface area contributed by atoms with Gasteiger partial charge in [0, 0.05) is 22.4 Å². The lowest BCUT2D eigenvalue weighted by Gasteiger charge is -2.14. The van der Waals surface area contributed by atoms with Crippen molar-refractivity contribution in [3.8, 4) is 11.1 Å². The molecule has 0 saturated carbocycles. The highest BCUT2D eigenvalue weighted by Gasteiger charge is 2.30. The number of pyridine rings is 1. The second-order valence-corrected chi connectivity index (χ2v) is 6.78. The molecule has 0 spiro atoms. The molecule has 0 unspecified atom stereocenters. The number of hydrogen-bond acceptors (Lipinski definition) is 1. The fourth-order valence-electron chi connectivity index (χ4n) is 3.80. The van der Waals surface area contributed by atoms with Crippen molar-refractivity contribution < 1.29 is 13.2 Å². The van der Waals surface area contributed by atoms with E-state index in [-0.39, 0.29) is 0 Å². The van der Waals surface area contributed by atoms with E-state index in [0.717, 1.165) is 55.7 Å². The van der Waals surface area contributed by atoms with E-state index in [1.54, 1.807) is 0 Å². The van der Waals surface area contributed by atoms with Crippen LogP contribution in [0.4, 0.5) is 13.2 Å². The van der Waals surface area contributed by atoms with Crippen LogP contribution in [0.1, 0.15) is 5.56 Å². The predicted molar refractivity (Wildman–Crippen MR) is 107 cm³/mol. The number of nitrogens with zero attached hydrogens (tertiary/aromatic N) is 1. The summed E-state index contributed by atoms with van der Waals surface area (Å²) >= 11 is 0. The van der Waals surface area contributed by atoms with E-state index < -0.39 is 11.7 Å². The molecule has 1 heterocycles. The largest absolute Gasteiger partial charge is 0.416 e. The molecule has 0 aliphatic heterocycles. The maximum atomic E-state index is 12.9. The maximum Gasteiger partial charge on any atom is 0.416 e. The summed E-state index contributed by atoms with van der Waals surface area (Å²) in [6.07, 6.45) is -2.53. The molecule has 0 atom stereocenters. The molecule has 136 valence electrons. The number of para-hydroxylation sites is 1.